The Hall–Kier alpha value is -3.16. The van der Waals surface area contributed by atoms with E-state index in [0.717, 1.165) is 40.5 Å². The van der Waals surface area contributed by atoms with Gasteiger partial charge in [0.1, 0.15) is 11.6 Å². The van der Waals surface area contributed by atoms with Crippen molar-refractivity contribution in [2.24, 2.45) is 5.92 Å². The number of fused-ring (bicyclic) bond motifs is 1. The van der Waals surface area contributed by atoms with Crippen molar-refractivity contribution in [2.75, 3.05) is 31.1 Å². The van der Waals surface area contributed by atoms with Crippen molar-refractivity contribution < 1.29 is 4.79 Å². The molecule has 0 N–H and O–H groups in total. The third kappa shape index (κ3) is 4.77. The molecule has 0 atom stereocenters. The summed E-state index contributed by atoms with van der Waals surface area (Å²) in [6.07, 6.45) is 0.773. The summed E-state index contributed by atoms with van der Waals surface area (Å²) < 4.78 is 1.90. The van der Waals surface area contributed by atoms with Crippen LogP contribution in [-0.2, 0) is 6.42 Å². The van der Waals surface area contributed by atoms with Gasteiger partial charge in [-0.2, -0.15) is 5.10 Å². The Labute approximate surface area is 220 Å². The lowest BCUT2D eigenvalue weighted by molar-refractivity contribution is 0.0746. The molecule has 3 heterocycles. The zero-order valence-corrected chi connectivity index (χ0v) is 22.1. The Morgan fingerprint density at radius 2 is 1.72 bits per heavy atom. The number of hydrogen-bond donors (Lipinski definition) is 0. The SMILES string of the molecule is Cc1nn(-c2ccccc2)c2nc(CC(C)C)nc(N3CCN(C(=O)c4ccc(Cl)cc4Cl)CC3)c12. The van der Waals surface area contributed by atoms with Gasteiger partial charge in [-0.1, -0.05) is 55.2 Å². The van der Waals surface area contributed by atoms with Gasteiger partial charge in [-0.05, 0) is 43.2 Å². The van der Waals surface area contributed by atoms with Crippen molar-refractivity contribution in [3.8, 4) is 5.69 Å². The van der Waals surface area contributed by atoms with Gasteiger partial charge >= 0.3 is 0 Å². The molecule has 0 bridgehead atoms. The predicted molar refractivity (Wildman–Crippen MR) is 145 cm³/mol. The monoisotopic (exact) mass is 522 g/mol. The molecule has 1 aliphatic heterocycles. The molecule has 9 heteroatoms. The van der Waals surface area contributed by atoms with E-state index in [0.29, 0.717) is 47.7 Å². The Balaban J connectivity index is 1.47. The molecule has 0 saturated carbocycles. The predicted octanol–water partition coefficient (Wildman–Crippen LogP) is 5.59. The van der Waals surface area contributed by atoms with Crippen molar-refractivity contribution in [2.45, 2.75) is 27.2 Å². The Morgan fingerprint density at radius 1 is 1.00 bits per heavy atom. The molecule has 1 fully saturated rings. The molecule has 36 heavy (non-hydrogen) atoms. The average molecular weight is 523 g/mol. The first-order valence-electron chi connectivity index (χ1n) is 12.1. The standard InChI is InChI=1S/C27H28Cl2N6O/c1-17(2)15-23-30-25(24-18(3)32-35(26(24)31-23)20-7-5-4-6-8-20)33-11-13-34(14-12-33)27(36)21-10-9-19(28)16-22(21)29/h4-10,16-17H,11-15H2,1-3H3. The van der Waals surface area contributed by atoms with Crippen LogP contribution < -0.4 is 4.90 Å². The number of amides is 1. The number of benzene rings is 2. The minimum Gasteiger partial charge on any atom is -0.352 e. The molecule has 1 amide bonds. The second-order valence-electron chi connectivity index (χ2n) is 9.50. The Morgan fingerprint density at radius 3 is 2.39 bits per heavy atom. The summed E-state index contributed by atoms with van der Waals surface area (Å²) in [7, 11) is 0. The summed E-state index contributed by atoms with van der Waals surface area (Å²) in [4.78, 5) is 27.1. The number of carbonyl (C=O) groups is 1. The molecular weight excluding hydrogens is 495 g/mol. The zero-order chi connectivity index (χ0) is 25.4. The second-order valence-corrected chi connectivity index (χ2v) is 10.3. The maximum absolute atomic E-state index is 13.1. The van der Waals surface area contributed by atoms with Gasteiger partial charge in [0.2, 0.25) is 0 Å². The van der Waals surface area contributed by atoms with Crippen LogP contribution in [0.5, 0.6) is 0 Å². The van der Waals surface area contributed by atoms with Crippen molar-refractivity contribution in [1.82, 2.24) is 24.6 Å². The third-order valence-electron chi connectivity index (χ3n) is 6.35. The fourth-order valence-electron chi connectivity index (χ4n) is 4.59. The third-order valence-corrected chi connectivity index (χ3v) is 6.90. The minimum absolute atomic E-state index is 0.0854. The van der Waals surface area contributed by atoms with Crippen LogP contribution in [0.25, 0.3) is 16.7 Å². The van der Waals surface area contributed by atoms with Crippen LogP contribution in [0.3, 0.4) is 0 Å². The lowest BCUT2D eigenvalue weighted by atomic mass is 10.1. The number of rotatable bonds is 5. The van der Waals surface area contributed by atoms with E-state index in [-0.39, 0.29) is 5.91 Å². The van der Waals surface area contributed by atoms with Gasteiger partial charge in [0.05, 0.1) is 27.4 Å². The molecule has 5 rings (SSSR count). The molecule has 1 aliphatic rings. The molecule has 0 spiro atoms. The van der Waals surface area contributed by atoms with Crippen LogP contribution >= 0.6 is 23.2 Å². The highest BCUT2D eigenvalue weighted by molar-refractivity contribution is 6.36. The van der Waals surface area contributed by atoms with Crippen LogP contribution in [0.15, 0.2) is 48.5 Å². The lowest BCUT2D eigenvalue weighted by Gasteiger charge is -2.36. The van der Waals surface area contributed by atoms with E-state index in [1.807, 2.05) is 46.8 Å². The summed E-state index contributed by atoms with van der Waals surface area (Å²) in [6, 6.07) is 15.0. The molecule has 0 radical (unpaired) electrons. The van der Waals surface area contributed by atoms with Crippen molar-refractivity contribution in [3.63, 3.8) is 0 Å². The van der Waals surface area contributed by atoms with Gasteiger partial charge in [0, 0.05) is 37.6 Å². The molecule has 4 aromatic rings. The molecular formula is C27H28Cl2N6O. The first-order valence-corrected chi connectivity index (χ1v) is 12.9. The number of piperazine rings is 1. The Kier molecular flexibility index (Phi) is 6.86. The fourth-order valence-corrected chi connectivity index (χ4v) is 5.08. The van der Waals surface area contributed by atoms with Gasteiger partial charge in [0.25, 0.3) is 5.91 Å². The second kappa shape index (κ2) is 10.1. The number of aryl methyl sites for hydroxylation is 1. The molecule has 0 unspecified atom stereocenters. The number of anilines is 1. The number of carbonyl (C=O) groups excluding carboxylic acids is 1. The summed E-state index contributed by atoms with van der Waals surface area (Å²) >= 11 is 12.3. The van der Waals surface area contributed by atoms with E-state index < -0.39 is 0 Å². The molecule has 7 nitrogen and oxygen atoms in total. The maximum Gasteiger partial charge on any atom is 0.255 e. The topological polar surface area (TPSA) is 67.2 Å². The van der Waals surface area contributed by atoms with Crippen LogP contribution in [0, 0.1) is 12.8 Å². The molecule has 2 aromatic carbocycles. The summed E-state index contributed by atoms with van der Waals surface area (Å²) in [5, 5.41) is 6.67. The number of para-hydroxylation sites is 1. The molecule has 2 aromatic heterocycles. The fraction of sp³-hybridized carbons (Fsp3) is 0.333. The highest BCUT2D eigenvalue weighted by Crippen LogP contribution is 2.31. The maximum atomic E-state index is 13.1. The van der Waals surface area contributed by atoms with E-state index in [1.165, 1.54) is 0 Å². The molecule has 186 valence electrons. The van der Waals surface area contributed by atoms with E-state index in [2.05, 4.69) is 18.7 Å². The Bertz CT molecular complexity index is 1410. The minimum atomic E-state index is -0.0854. The highest BCUT2D eigenvalue weighted by Gasteiger charge is 2.27. The van der Waals surface area contributed by atoms with Crippen LogP contribution in [0.2, 0.25) is 10.0 Å². The van der Waals surface area contributed by atoms with Crippen molar-refractivity contribution in [1.29, 1.82) is 0 Å². The normalized spacial score (nSPS) is 14.2. The quantitative estimate of drug-likeness (QED) is 0.341. The van der Waals surface area contributed by atoms with Gasteiger partial charge in [-0.15, -0.1) is 0 Å². The van der Waals surface area contributed by atoms with Crippen LogP contribution in [0.1, 0.15) is 35.7 Å². The van der Waals surface area contributed by atoms with Crippen molar-refractivity contribution in [3.05, 3.63) is 75.7 Å². The van der Waals surface area contributed by atoms with Gasteiger partial charge in [-0.25, -0.2) is 14.6 Å². The number of halogens is 2. The van der Waals surface area contributed by atoms with E-state index in [9.17, 15) is 4.79 Å². The smallest absolute Gasteiger partial charge is 0.255 e. The van der Waals surface area contributed by atoms with E-state index in [1.54, 1.807) is 18.2 Å². The first-order chi connectivity index (χ1) is 17.3. The number of hydrogen-bond acceptors (Lipinski definition) is 5. The van der Waals surface area contributed by atoms with Gasteiger partial charge < -0.3 is 9.80 Å². The van der Waals surface area contributed by atoms with Gasteiger partial charge in [0.15, 0.2) is 5.65 Å². The molecule has 0 aliphatic carbocycles. The van der Waals surface area contributed by atoms with Crippen LogP contribution in [-0.4, -0.2) is 56.7 Å². The number of nitrogens with zero attached hydrogens (tertiary/aromatic N) is 6. The highest BCUT2D eigenvalue weighted by atomic mass is 35.5. The lowest BCUT2D eigenvalue weighted by Crippen LogP contribution is -2.49. The van der Waals surface area contributed by atoms with Crippen LogP contribution in [0.4, 0.5) is 5.82 Å². The van der Waals surface area contributed by atoms with E-state index >= 15 is 0 Å². The summed E-state index contributed by atoms with van der Waals surface area (Å²) in [5.74, 6) is 2.02. The average Bonchev–Trinajstić information content (AvgIpc) is 3.20. The first kappa shape index (κ1) is 24.5. The number of aromatic nitrogens is 4. The van der Waals surface area contributed by atoms with Crippen molar-refractivity contribution >= 4 is 46.0 Å². The summed E-state index contributed by atoms with van der Waals surface area (Å²) in [5.41, 5.74) is 3.13. The zero-order valence-electron chi connectivity index (χ0n) is 20.6. The molecule has 1 saturated heterocycles. The van der Waals surface area contributed by atoms with Gasteiger partial charge in [-0.3, -0.25) is 4.79 Å². The largest absolute Gasteiger partial charge is 0.352 e. The van der Waals surface area contributed by atoms with E-state index in [4.69, 9.17) is 38.3 Å². The summed E-state index contributed by atoms with van der Waals surface area (Å²) in [6.45, 7) is 8.77.